The monoisotopic (exact) mass is 261 g/mol. The third-order valence-corrected chi connectivity index (χ3v) is 3.54. The predicted molar refractivity (Wildman–Crippen MR) is 82.9 cm³/mol. The molecule has 0 amide bonds. The van der Waals surface area contributed by atoms with Crippen LogP contribution in [0, 0.1) is 0 Å². The van der Waals surface area contributed by atoms with Crippen LogP contribution in [0.2, 0.25) is 0 Å². The minimum absolute atomic E-state index is 0.642. The Labute approximate surface area is 117 Å². The summed E-state index contributed by atoms with van der Waals surface area (Å²) in [6, 6.07) is 18.0. The number of carbonyl (C=O) groups excluding carboxylic acids is 1. The van der Waals surface area contributed by atoms with Crippen LogP contribution in [-0.2, 0) is 6.42 Å². The average Bonchev–Trinajstić information content (AvgIpc) is 2.86. The maximum absolute atomic E-state index is 11.3. The van der Waals surface area contributed by atoms with Crippen molar-refractivity contribution in [1.82, 2.24) is 4.98 Å². The van der Waals surface area contributed by atoms with Gasteiger partial charge in [-0.05, 0) is 22.8 Å². The molecule has 2 nitrogen and oxygen atoms in total. The van der Waals surface area contributed by atoms with Gasteiger partial charge in [-0.15, -0.1) is 0 Å². The number of fused-ring (bicyclic) bond motifs is 1. The first kappa shape index (κ1) is 12.4. The molecule has 0 aliphatic rings. The number of para-hydroxylation sites is 1. The zero-order valence-electron chi connectivity index (χ0n) is 11.1. The van der Waals surface area contributed by atoms with E-state index in [0.29, 0.717) is 12.1 Å². The molecule has 2 heteroatoms. The number of hydrogen-bond donors (Lipinski definition) is 1. The van der Waals surface area contributed by atoms with Crippen molar-refractivity contribution >= 4 is 22.8 Å². The Hall–Kier alpha value is -2.61. The molecule has 0 atom stereocenters. The number of aromatic amines is 1. The summed E-state index contributed by atoms with van der Waals surface area (Å²) in [5.41, 5.74) is 4.77. The number of carbonyl (C=O) groups is 1. The molecular weight excluding hydrogens is 246 g/mol. The fraction of sp³-hybridized carbons (Fsp3) is 0.0556. The normalized spacial score (nSPS) is 10.6. The quantitative estimate of drug-likeness (QED) is 0.700. The molecule has 98 valence electrons. The molecule has 1 N–H and O–H groups in total. The van der Waals surface area contributed by atoms with Gasteiger partial charge in [-0.25, -0.2) is 0 Å². The smallest absolute Gasteiger partial charge is 0.166 e. The van der Waals surface area contributed by atoms with Gasteiger partial charge in [0.2, 0.25) is 0 Å². The van der Waals surface area contributed by atoms with E-state index < -0.39 is 0 Å². The lowest BCUT2D eigenvalue weighted by atomic mass is 9.98. The highest BCUT2D eigenvalue weighted by Gasteiger charge is 2.12. The Morgan fingerprint density at radius 1 is 1.05 bits per heavy atom. The molecule has 0 radical (unpaired) electrons. The van der Waals surface area contributed by atoms with Gasteiger partial charge in [0.05, 0.1) is 5.69 Å². The second kappa shape index (κ2) is 5.17. The number of rotatable bonds is 4. The molecule has 0 unspecified atom stereocenters. The molecule has 0 aliphatic heterocycles. The molecule has 1 aromatic heterocycles. The summed E-state index contributed by atoms with van der Waals surface area (Å²) < 4.78 is 0. The van der Waals surface area contributed by atoms with E-state index in [9.17, 15) is 4.79 Å². The van der Waals surface area contributed by atoms with Gasteiger partial charge < -0.3 is 4.98 Å². The predicted octanol–water partition coefficient (Wildman–Crippen LogP) is 4.24. The summed E-state index contributed by atoms with van der Waals surface area (Å²) >= 11 is 0. The standard InChI is InChI=1S/C18H15NO/c1-13(14-7-3-2-4-8-14)11-16-15-9-5-6-10-17(15)19-18(16)12-20/h2-10,12,19H,1,11H2. The summed E-state index contributed by atoms with van der Waals surface area (Å²) in [4.78, 5) is 14.4. The van der Waals surface area contributed by atoms with Crippen molar-refractivity contribution in [3.8, 4) is 0 Å². The second-order valence-corrected chi connectivity index (χ2v) is 4.83. The van der Waals surface area contributed by atoms with Crippen LogP contribution >= 0.6 is 0 Å². The molecule has 0 bridgehead atoms. The van der Waals surface area contributed by atoms with Crippen LogP contribution in [0.4, 0.5) is 0 Å². The van der Waals surface area contributed by atoms with Gasteiger partial charge in [0, 0.05) is 17.3 Å². The van der Waals surface area contributed by atoms with E-state index >= 15 is 0 Å². The topological polar surface area (TPSA) is 32.9 Å². The molecular formula is C18H15NO. The maximum Gasteiger partial charge on any atom is 0.166 e. The third-order valence-electron chi connectivity index (χ3n) is 3.54. The molecule has 0 spiro atoms. The van der Waals surface area contributed by atoms with Gasteiger partial charge in [-0.1, -0.05) is 55.1 Å². The summed E-state index contributed by atoms with van der Waals surface area (Å²) in [7, 11) is 0. The summed E-state index contributed by atoms with van der Waals surface area (Å²) in [5.74, 6) is 0. The molecule has 20 heavy (non-hydrogen) atoms. The zero-order valence-corrected chi connectivity index (χ0v) is 11.1. The van der Waals surface area contributed by atoms with Crippen LogP contribution in [-0.4, -0.2) is 11.3 Å². The molecule has 0 saturated heterocycles. The molecule has 3 aromatic rings. The Bertz CT molecular complexity index is 768. The van der Waals surface area contributed by atoms with E-state index in [1.54, 1.807) is 0 Å². The number of H-pyrrole nitrogens is 1. The summed E-state index contributed by atoms with van der Waals surface area (Å²) in [6.07, 6.45) is 1.55. The van der Waals surface area contributed by atoms with Crippen LogP contribution in [0.5, 0.6) is 0 Å². The van der Waals surface area contributed by atoms with Crippen molar-refractivity contribution < 1.29 is 4.79 Å². The number of benzene rings is 2. The van der Waals surface area contributed by atoms with E-state index in [2.05, 4.69) is 11.6 Å². The molecule has 1 heterocycles. The summed E-state index contributed by atoms with van der Waals surface area (Å²) in [5, 5.41) is 1.09. The van der Waals surface area contributed by atoms with Crippen molar-refractivity contribution in [2.24, 2.45) is 0 Å². The number of aromatic nitrogens is 1. The average molecular weight is 261 g/mol. The minimum atomic E-state index is 0.642. The first-order valence-electron chi connectivity index (χ1n) is 6.57. The highest BCUT2D eigenvalue weighted by Crippen LogP contribution is 2.26. The van der Waals surface area contributed by atoms with Crippen molar-refractivity contribution in [2.75, 3.05) is 0 Å². The fourth-order valence-electron chi connectivity index (χ4n) is 2.50. The maximum atomic E-state index is 11.3. The van der Waals surface area contributed by atoms with E-state index in [1.165, 1.54) is 0 Å². The minimum Gasteiger partial charge on any atom is -0.352 e. The third kappa shape index (κ3) is 2.16. The fourth-order valence-corrected chi connectivity index (χ4v) is 2.50. The Morgan fingerprint density at radius 3 is 2.50 bits per heavy atom. The van der Waals surface area contributed by atoms with Gasteiger partial charge in [0.15, 0.2) is 6.29 Å². The van der Waals surface area contributed by atoms with E-state index in [4.69, 9.17) is 0 Å². The van der Waals surface area contributed by atoms with E-state index in [0.717, 1.165) is 33.9 Å². The molecule has 3 rings (SSSR count). The van der Waals surface area contributed by atoms with Gasteiger partial charge in [0.25, 0.3) is 0 Å². The van der Waals surface area contributed by atoms with Crippen LogP contribution in [0.25, 0.3) is 16.5 Å². The van der Waals surface area contributed by atoms with Gasteiger partial charge in [-0.3, -0.25) is 4.79 Å². The Balaban J connectivity index is 2.02. The highest BCUT2D eigenvalue weighted by molar-refractivity contribution is 5.93. The SMILES string of the molecule is C=C(Cc1c(C=O)[nH]c2ccccc12)c1ccccc1. The molecule has 0 aliphatic carbocycles. The van der Waals surface area contributed by atoms with Gasteiger partial charge in [0.1, 0.15) is 0 Å². The lowest BCUT2D eigenvalue weighted by molar-refractivity contribution is 0.111. The Morgan fingerprint density at radius 2 is 1.75 bits per heavy atom. The number of allylic oxidation sites excluding steroid dienone is 1. The van der Waals surface area contributed by atoms with Crippen LogP contribution in [0.3, 0.4) is 0 Å². The van der Waals surface area contributed by atoms with Gasteiger partial charge >= 0.3 is 0 Å². The molecule has 0 saturated carbocycles. The number of nitrogens with one attached hydrogen (secondary N) is 1. The van der Waals surface area contributed by atoms with Crippen molar-refractivity contribution in [3.63, 3.8) is 0 Å². The van der Waals surface area contributed by atoms with E-state index in [-0.39, 0.29) is 0 Å². The number of hydrogen-bond acceptors (Lipinski definition) is 1. The largest absolute Gasteiger partial charge is 0.352 e. The van der Waals surface area contributed by atoms with Crippen molar-refractivity contribution in [2.45, 2.75) is 6.42 Å². The summed E-state index contributed by atoms with van der Waals surface area (Å²) in [6.45, 7) is 4.15. The van der Waals surface area contributed by atoms with Crippen LogP contribution < -0.4 is 0 Å². The van der Waals surface area contributed by atoms with Gasteiger partial charge in [-0.2, -0.15) is 0 Å². The first-order valence-corrected chi connectivity index (χ1v) is 6.57. The number of aldehydes is 1. The lowest BCUT2D eigenvalue weighted by Crippen LogP contribution is -1.93. The molecule has 0 fully saturated rings. The molecule has 2 aromatic carbocycles. The van der Waals surface area contributed by atoms with Crippen molar-refractivity contribution in [1.29, 1.82) is 0 Å². The highest BCUT2D eigenvalue weighted by atomic mass is 16.1. The van der Waals surface area contributed by atoms with Crippen molar-refractivity contribution in [3.05, 3.63) is 78.0 Å². The van der Waals surface area contributed by atoms with Crippen LogP contribution in [0.1, 0.15) is 21.6 Å². The second-order valence-electron chi connectivity index (χ2n) is 4.83. The lowest BCUT2D eigenvalue weighted by Gasteiger charge is -2.06. The zero-order chi connectivity index (χ0) is 13.9. The van der Waals surface area contributed by atoms with E-state index in [1.807, 2.05) is 54.6 Å². The first-order chi connectivity index (χ1) is 9.79. The Kier molecular flexibility index (Phi) is 3.21. The van der Waals surface area contributed by atoms with Crippen LogP contribution in [0.15, 0.2) is 61.2 Å².